The van der Waals surface area contributed by atoms with E-state index in [1.807, 2.05) is 0 Å². The van der Waals surface area contributed by atoms with Crippen molar-refractivity contribution in [3.8, 4) is 0 Å². The number of hydrogen-bond acceptors (Lipinski definition) is 6. The molecule has 2 rings (SSSR count). The van der Waals surface area contributed by atoms with Crippen molar-refractivity contribution < 1.29 is 14.3 Å². The molecule has 1 fully saturated rings. The fourth-order valence-electron chi connectivity index (χ4n) is 2.62. The van der Waals surface area contributed by atoms with Crippen molar-refractivity contribution in [3.63, 3.8) is 0 Å². The van der Waals surface area contributed by atoms with Crippen molar-refractivity contribution in [2.24, 2.45) is 11.7 Å². The van der Waals surface area contributed by atoms with E-state index in [4.69, 9.17) is 34.3 Å². The minimum atomic E-state index is -0.470. The van der Waals surface area contributed by atoms with Crippen LogP contribution in [0.15, 0.2) is 18.3 Å². The number of hydrogen-bond donors (Lipinski definition) is 3. The van der Waals surface area contributed by atoms with Crippen molar-refractivity contribution in [3.05, 3.63) is 23.4 Å². The number of nitrogens with zero attached hydrogens (tertiary/aromatic N) is 1. The summed E-state index contributed by atoms with van der Waals surface area (Å²) in [5, 5.41) is 6.02. The summed E-state index contributed by atoms with van der Waals surface area (Å²) in [6, 6.07) is 2.74. The molecular weight excluding hydrogens is 352 g/mol. The van der Waals surface area contributed by atoms with Gasteiger partial charge in [0, 0.05) is 18.3 Å². The van der Waals surface area contributed by atoms with E-state index >= 15 is 0 Å². The zero-order valence-electron chi connectivity index (χ0n) is 13.1. The molecule has 1 aromatic heterocycles. The van der Waals surface area contributed by atoms with Gasteiger partial charge in [0.05, 0.1) is 18.1 Å². The molecule has 1 amide bonds. The highest BCUT2D eigenvalue weighted by Crippen LogP contribution is 2.24. The molecule has 0 saturated heterocycles. The lowest BCUT2D eigenvalue weighted by Crippen LogP contribution is -2.53. The van der Waals surface area contributed by atoms with Crippen LogP contribution >= 0.6 is 23.8 Å². The summed E-state index contributed by atoms with van der Waals surface area (Å²) in [5.41, 5.74) is 6.09. The summed E-state index contributed by atoms with van der Waals surface area (Å²) in [4.78, 5) is 27.7. The molecule has 0 radical (unpaired) electrons. The Labute approximate surface area is 150 Å². The van der Waals surface area contributed by atoms with Gasteiger partial charge in [-0.3, -0.25) is 9.59 Å². The first-order valence-electron chi connectivity index (χ1n) is 7.47. The zero-order chi connectivity index (χ0) is 17.7. The third kappa shape index (κ3) is 4.86. The fraction of sp³-hybridized carbons (Fsp3) is 0.467. The van der Waals surface area contributed by atoms with Gasteiger partial charge >= 0.3 is 5.97 Å². The van der Waals surface area contributed by atoms with Crippen molar-refractivity contribution >= 4 is 46.5 Å². The quantitative estimate of drug-likeness (QED) is 0.543. The van der Waals surface area contributed by atoms with Gasteiger partial charge in [0.25, 0.3) is 5.91 Å². The van der Waals surface area contributed by atoms with E-state index in [0.717, 1.165) is 0 Å². The molecule has 7 nitrogen and oxygen atoms in total. The van der Waals surface area contributed by atoms with Crippen LogP contribution in [-0.2, 0) is 14.3 Å². The third-order valence-electron chi connectivity index (χ3n) is 3.93. The number of rotatable bonds is 3. The highest BCUT2D eigenvalue weighted by molar-refractivity contribution is 7.82. The number of halogens is 1. The van der Waals surface area contributed by atoms with Crippen LogP contribution in [-0.4, -0.2) is 41.0 Å². The first-order valence-corrected chi connectivity index (χ1v) is 8.26. The summed E-state index contributed by atoms with van der Waals surface area (Å²) in [7, 11) is 1.36. The third-order valence-corrected chi connectivity index (χ3v) is 4.45. The van der Waals surface area contributed by atoms with Crippen LogP contribution in [0.4, 0.5) is 5.82 Å². The number of methoxy groups -OCH3 is 1. The average molecular weight is 371 g/mol. The Morgan fingerprint density at radius 2 is 2.17 bits per heavy atom. The lowest BCUT2D eigenvalue weighted by atomic mass is 9.82. The molecule has 0 aromatic carbocycles. The Bertz CT molecular complexity index is 626. The molecule has 1 aliphatic rings. The SMILES string of the molecule is COC(=O)[C@H]1CC[C@H](NC(=S)C(=O)Nc2ccc(Cl)cn2)[C@H](N)C1. The fourth-order valence-corrected chi connectivity index (χ4v) is 2.94. The predicted molar refractivity (Wildman–Crippen MR) is 94.7 cm³/mol. The van der Waals surface area contributed by atoms with E-state index in [1.54, 1.807) is 12.1 Å². The smallest absolute Gasteiger partial charge is 0.308 e. The standard InChI is InChI=1S/C15H19ClN4O3S/c1-23-15(22)8-2-4-11(10(17)6-8)19-14(24)13(21)20-12-5-3-9(16)7-18-12/h3,5,7-8,10-11H,2,4,6,17H2,1H3,(H,19,24)(H,18,20,21)/t8-,10+,11-/m0/s1. The maximum absolute atomic E-state index is 12.1. The van der Waals surface area contributed by atoms with Gasteiger partial charge in [-0.25, -0.2) is 4.98 Å². The normalized spacial score (nSPS) is 23.2. The van der Waals surface area contributed by atoms with Gasteiger partial charge in [-0.05, 0) is 31.4 Å². The molecule has 0 aliphatic heterocycles. The summed E-state index contributed by atoms with van der Waals surface area (Å²) < 4.78 is 4.75. The topological polar surface area (TPSA) is 106 Å². The molecule has 130 valence electrons. The van der Waals surface area contributed by atoms with Gasteiger partial charge in [0.2, 0.25) is 0 Å². The minimum Gasteiger partial charge on any atom is -0.469 e. The number of esters is 1. The van der Waals surface area contributed by atoms with Crippen LogP contribution in [0.2, 0.25) is 5.02 Å². The van der Waals surface area contributed by atoms with Crippen molar-refractivity contribution in [2.45, 2.75) is 31.3 Å². The molecule has 3 atom stereocenters. The van der Waals surface area contributed by atoms with Gasteiger partial charge in [0.15, 0.2) is 4.99 Å². The number of carbonyl (C=O) groups is 2. The highest BCUT2D eigenvalue weighted by atomic mass is 35.5. The van der Waals surface area contributed by atoms with E-state index in [0.29, 0.717) is 30.1 Å². The maximum Gasteiger partial charge on any atom is 0.308 e. The van der Waals surface area contributed by atoms with E-state index in [2.05, 4.69) is 15.6 Å². The molecule has 1 aliphatic carbocycles. The van der Waals surface area contributed by atoms with E-state index in [-0.39, 0.29) is 29.0 Å². The molecule has 0 spiro atoms. The lowest BCUT2D eigenvalue weighted by molar-refractivity contribution is -0.146. The van der Waals surface area contributed by atoms with Crippen molar-refractivity contribution in [2.75, 3.05) is 12.4 Å². The van der Waals surface area contributed by atoms with Gasteiger partial charge in [-0.1, -0.05) is 23.8 Å². The molecule has 9 heteroatoms. The molecule has 0 unspecified atom stereocenters. The number of nitrogens with one attached hydrogen (secondary N) is 2. The van der Waals surface area contributed by atoms with Gasteiger partial charge in [0.1, 0.15) is 5.82 Å². The maximum atomic E-state index is 12.1. The average Bonchev–Trinajstić information content (AvgIpc) is 2.57. The Kier molecular flexibility index (Phi) is 6.47. The first-order chi connectivity index (χ1) is 11.4. The van der Waals surface area contributed by atoms with E-state index in [9.17, 15) is 9.59 Å². The second kappa shape index (κ2) is 8.36. The molecule has 1 heterocycles. The first kappa shape index (κ1) is 18.6. The molecule has 4 N–H and O–H groups in total. The molecule has 0 bridgehead atoms. The Hall–Kier alpha value is -1.77. The number of pyridine rings is 1. The van der Waals surface area contributed by atoms with Crippen molar-refractivity contribution in [1.29, 1.82) is 0 Å². The van der Waals surface area contributed by atoms with E-state index in [1.165, 1.54) is 13.3 Å². The molecule has 1 saturated carbocycles. The monoisotopic (exact) mass is 370 g/mol. The van der Waals surface area contributed by atoms with Gasteiger partial charge in [-0.15, -0.1) is 0 Å². The Morgan fingerprint density at radius 3 is 2.75 bits per heavy atom. The summed E-state index contributed by atoms with van der Waals surface area (Å²) in [5.74, 6) is -0.573. The van der Waals surface area contributed by atoms with Crippen LogP contribution in [0, 0.1) is 5.92 Å². The van der Waals surface area contributed by atoms with Crippen LogP contribution in [0.25, 0.3) is 0 Å². The van der Waals surface area contributed by atoms with Gasteiger partial charge in [-0.2, -0.15) is 0 Å². The van der Waals surface area contributed by atoms with Crippen LogP contribution in [0.3, 0.4) is 0 Å². The Morgan fingerprint density at radius 1 is 1.42 bits per heavy atom. The second-order valence-electron chi connectivity index (χ2n) is 5.59. The van der Waals surface area contributed by atoms with Crippen LogP contribution in [0.1, 0.15) is 19.3 Å². The van der Waals surface area contributed by atoms with Crippen LogP contribution < -0.4 is 16.4 Å². The number of ether oxygens (including phenoxy) is 1. The molecule has 1 aromatic rings. The minimum absolute atomic E-state index is 0.0312. The number of thiocarbonyl (C=S) groups is 1. The lowest BCUT2D eigenvalue weighted by Gasteiger charge is -2.33. The number of carbonyl (C=O) groups excluding carboxylic acids is 2. The summed E-state index contributed by atoms with van der Waals surface area (Å²) in [6.07, 6.45) is 3.19. The number of anilines is 1. The van der Waals surface area contributed by atoms with Gasteiger partial charge < -0.3 is 21.1 Å². The largest absolute Gasteiger partial charge is 0.469 e. The molecular formula is C15H19ClN4O3S. The van der Waals surface area contributed by atoms with Crippen LogP contribution in [0.5, 0.6) is 0 Å². The zero-order valence-corrected chi connectivity index (χ0v) is 14.7. The molecule has 24 heavy (non-hydrogen) atoms. The second-order valence-corrected chi connectivity index (χ2v) is 6.44. The highest BCUT2D eigenvalue weighted by Gasteiger charge is 2.33. The number of nitrogens with two attached hydrogens (primary N) is 1. The summed E-state index contributed by atoms with van der Waals surface area (Å²) in [6.45, 7) is 0. The predicted octanol–water partition coefficient (Wildman–Crippen LogP) is 1.26. The number of amides is 1. The number of aromatic nitrogens is 1. The van der Waals surface area contributed by atoms with E-state index < -0.39 is 5.91 Å². The Balaban J connectivity index is 1.86. The van der Waals surface area contributed by atoms with Crippen molar-refractivity contribution in [1.82, 2.24) is 10.3 Å². The summed E-state index contributed by atoms with van der Waals surface area (Å²) >= 11 is 10.9.